The summed E-state index contributed by atoms with van der Waals surface area (Å²) in [4.78, 5) is 0. The second-order valence-electron chi connectivity index (χ2n) is 23.6. The van der Waals surface area contributed by atoms with Crippen molar-refractivity contribution in [3.8, 4) is 55.9 Å². The number of furan rings is 1. The SMILES string of the molecule is CCCCCCCCC1(CCCCCCCC)c2ccc(-c3cccc(-c4ccc5c(c4)oc4ccc(-n6c7c(c8ccccc86)CCC=C7)cc45)c3)cc2-c2cc(-c3cccc(-n4c5c(c6ccccc64)CCC=C5)c3)ccc21. The van der Waals surface area contributed by atoms with Crippen LogP contribution in [0.2, 0.25) is 0 Å². The van der Waals surface area contributed by atoms with Crippen LogP contribution in [-0.4, -0.2) is 9.13 Å². The second kappa shape index (κ2) is 21.6. The molecule has 0 radical (unpaired) electrons. The predicted octanol–water partition coefficient (Wildman–Crippen LogP) is 22.2. The van der Waals surface area contributed by atoms with Gasteiger partial charge in [0.15, 0.2) is 0 Å². The fourth-order valence-electron chi connectivity index (χ4n) is 14.7. The molecule has 398 valence electrons. The average Bonchev–Trinajstić information content (AvgIpc) is 4.41. The van der Waals surface area contributed by atoms with Crippen LogP contribution in [0.25, 0.3) is 112 Å². The summed E-state index contributed by atoms with van der Waals surface area (Å²) in [6.07, 6.45) is 31.8. The lowest BCUT2D eigenvalue weighted by atomic mass is 9.70. The molecule has 0 saturated heterocycles. The second-order valence-corrected chi connectivity index (χ2v) is 23.6. The molecule has 0 bridgehead atoms. The molecule has 0 saturated carbocycles. The first kappa shape index (κ1) is 50.3. The maximum atomic E-state index is 6.69. The number of allylic oxidation sites excluding steroid dienone is 2. The molecule has 3 aliphatic carbocycles. The molecule has 14 rings (SSSR count). The van der Waals surface area contributed by atoms with E-state index in [0.717, 1.165) is 53.2 Å². The van der Waals surface area contributed by atoms with Crippen molar-refractivity contribution in [3.63, 3.8) is 0 Å². The smallest absolute Gasteiger partial charge is 0.136 e. The summed E-state index contributed by atoms with van der Waals surface area (Å²) in [6.45, 7) is 4.66. The van der Waals surface area contributed by atoms with Crippen LogP contribution in [0.3, 0.4) is 0 Å². The van der Waals surface area contributed by atoms with Crippen LogP contribution in [0.4, 0.5) is 0 Å². The maximum absolute atomic E-state index is 6.69. The lowest BCUT2D eigenvalue weighted by Crippen LogP contribution is -2.25. The zero-order chi connectivity index (χ0) is 53.6. The summed E-state index contributed by atoms with van der Waals surface area (Å²) in [5.74, 6) is 0. The summed E-state index contributed by atoms with van der Waals surface area (Å²) in [5, 5.41) is 5.02. The molecule has 0 unspecified atom stereocenters. The monoisotopic (exact) mass is 1040 g/mol. The molecule has 0 N–H and O–H groups in total. The number of unbranched alkanes of at least 4 members (excludes halogenated alkanes) is 10. The van der Waals surface area contributed by atoms with Crippen LogP contribution in [0, 0.1) is 0 Å². The van der Waals surface area contributed by atoms with E-state index in [2.05, 4.69) is 217 Å². The van der Waals surface area contributed by atoms with Gasteiger partial charge in [0.2, 0.25) is 0 Å². The molecule has 11 aromatic rings. The minimum Gasteiger partial charge on any atom is -0.456 e. The molecule has 3 heteroatoms. The number of aryl methyl sites for hydroxylation is 2. The molecule has 0 fully saturated rings. The number of rotatable bonds is 19. The van der Waals surface area contributed by atoms with Gasteiger partial charge >= 0.3 is 0 Å². The Kier molecular flexibility index (Phi) is 13.6. The number of fused-ring (bicyclic) bond motifs is 12. The molecule has 8 aromatic carbocycles. The fraction of sp³-hybridized carbons (Fsp3) is 0.273. The number of aromatic nitrogens is 2. The summed E-state index contributed by atoms with van der Waals surface area (Å²) in [6, 6.07) is 65.1. The first-order valence-electron chi connectivity index (χ1n) is 30.6. The highest BCUT2D eigenvalue weighted by atomic mass is 16.3. The Morgan fingerprint density at radius 3 is 1.49 bits per heavy atom. The summed E-state index contributed by atoms with van der Waals surface area (Å²) < 4.78 is 11.6. The topological polar surface area (TPSA) is 23.0 Å². The Hall–Kier alpha value is -7.88. The van der Waals surface area contributed by atoms with Gasteiger partial charge in [0.1, 0.15) is 11.2 Å². The van der Waals surface area contributed by atoms with E-state index in [4.69, 9.17) is 4.42 Å². The fourth-order valence-corrected chi connectivity index (χ4v) is 14.7. The van der Waals surface area contributed by atoms with Crippen LogP contribution in [0.5, 0.6) is 0 Å². The molecule has 80 heavy (non-hydrogen) atoms. The van der Waals surface area contributed by atoms with E-state index < -0.39 is 0 Å². The van der Waals surface area contributed by atoms with Crippen LogP contribution < -0.4 is 0 Å². The zero-order valence-corrected chi connectivity index (χ0v) is 47.0. The normalized spacial score (nSPS) is 14.1. The van der Waals surface area contributed by atoms with E-state index in [9.17, 15) is 0 Å². The van der Waals surface area contributed by atoms with Crippen molar-refractivity contribution in [2.45, 2.75) is 135 Å². The van der Waals surface area contributed by atoms with Gasteiger partial charge in [0, 0.05) is 49.7 Å². The first-order valence-corrected chi connectivity index (χ1v) is 30.6. The van der Waals surface area contributed by atoms with E-state index >= 15 is 0 Å². The van der Waals surface area contributed by atoms with Crippen molar-refractivity contribution < 1.29 is 4.42 Å². The van der Waals surface area contributed by atoms with Gasteiger partial charge in [-0.15, -0.1) is 0 Å². The molecule has 3 nitrogen and oxygen atoms in total. The van der Waals surface area contributed by atoms with E-state index in [0.29, 0.717) is 0 Å². The number of hydrogen-bond donors (Lipinski definition) is 0. The van der Waals surface area contributed by atoms with Crippen molar-refractivity contribution in [2.75, 3.05) is 0 Å². The van der Waals surface area contributed by atoms with Gasteiger partial charge in [-0.1, -0.05) is 200 Å². The Balaban J connectivity index is 0.835. The summed E-state index contributed by atoms with van der Waals surface area (Å²) >= 11 is 0. The molecular weight excluding hydrogens is 969 g/mol. The van der Waals surface area contributed by atoms with Crippen LogP contribution in [0.1, 0.15) is 150 Å². The molecule has 3 aromatic heterocycles. The highest BCUT2D eigenvalue weighted by Gasteiger charge is 2.42. The zero-order valence-electron chi connectivity index (χ0n) is 47.0. The van der Waals surface area contributed by atoms with Gasteiger partial charge < -0.3 is 13.6 Å². The largest absolute Gasteiger partial charge is 0.456 e. The standard InChI is InChI=1S/C77H74N2O/c1-3-5-7-9-11-21-45-77(46-22-12-10-8-6-4-2)69-42-38-56(49-66(69)67-50-57(39-43-70(67)77)55-27-24-28-59(48-55)78-71-33-17-13-29-61(71)62-30-14-18-34-72(62)78)53-25-23-26-54(47-53)58-37-41-65-68-52-60(40-44-75(68)80-76(65)51-58)79-73-35-19-15-31-63(73)64-32-16-20-36-74(64)79/h13,15,17-20,23-29,31,33-44,47-52H,3-12,14,16,21-22,30,32,45-46H2,1-2H3. The Morgan fingerprint density at radius 2 is 0.887 bits per heavy atom. The van der Waals surface area contributed by atoms with Gasteiger partial charge in [-0.05, 0) is 190 Å². The van der Waals surface area contributed by atoms with Gasteiger partial charge in [0.25, 0.3) is 0 Å². The third kappa shape index (κ3) is 8.89. The third-order valence-corrected chi connectivity index (χ3v) is 18.7. The Morgan fingerprint density at radius 1 is 0.388 bits per heavy atom. The van der Waals surface area contributed by atoms with Crippen molar-refractivity contribution in [2.24, 2.45) is 0 Å². The van der Waals surface area contributed by atoms with Gasteiger partial charge in [-0.2, -0.15) is 0 Å². The van der Waals surface area contributed by atoms with E-state index in [1.54, 1.807) is 5.56 Å². The summed E-state index contributed by atoms with van der Waals surface area (Å²) in [7, 11) is 0. The number of benzene rings is 8. The van der Waals surface area contributed by atoms with Crippen molar-refractivity contribution in [1.29, 1.82) is 0 Å². The predicted molar refractivity (Wildman–Crippen MR) is 341 cm³/mol. The third-order valence-electron chi connectivity index (χ3n) is 18.7. The lowest BCUT2D eigenvalue weighted by Gasteiger charge is -2.33. The molecule has 0 atom stereocenters. The maximum Gasteiger partial charge on any atom is 0.136 e. The molecular formula is C77H74N2O. The van der Waals surface area contributed by atoms with E-state index in [-0.39, 0.29) is 5.41 Å². The first-order chi connectivity index (χ1) is 39.6. The lowest BCUT2D eigenvalue weighted by molar-refractivity contribution is 0.398. The van der Waals surface area contributed by atoms with E-state index in [1.165, 1.54) is 190 Å². The van der Waals surface area contributed by atoms with Gasteiger partial charge in [-0.25, -0.2) is 0 Å². The van der Waals surface area contributed by atoms with Gasteiger partial charge in [-0.3, -0.25) is 0 Å². The highest BCUT2D eigenvalue weighted by Crippen LogP contribution is 2.56. The highest BCUT2D eigenvalue weighted by molar-refractivity contribution is 6.07. The number of nitrogens with zero attached hydrogens (tertiary/aromatic N) is 2. The quantitative estimate of drug-likeness (QED) is 0.0740. The van der Waals surface area contributed by atoms with Crippen molar-refractivity contribution >= 4 is 55.9 Å². The molecule has 0 aliphatic heterocycles. The Labute approximate surface area is 473 Å². The van der Waals surface area contributed by atoms with Crippen molar-refractivity contribution in [3.05, 3.63) is 216 Å². The van der Waals surface area contributed by atoms with Crippen LogP contribution in [-0.2, 0) is 18.3 Å². The molecule has 0 spiro atoms. The Bertz CT molecular complexity index is 4170. The van der Waals surface area contributed by atoms with Crippen LogP contribution in [0.15, 0.2) is 186 Å². The molecule has 3 aliphatic rings. The van der Waals surface area contributed by atoms with Crippen molar-refractivity contribution in [1.82, 2.24) is 9.13 Å². The van der Waals surface area contributed by atoms with E-state index in [1.807, 2.05) is 0 Å². The number of para-hydroxylation sites is 2. The number of hydrogen-bond acceptors (Lipinski definition) is 1. The molecule has 3 heterocycles. The summed E-state index contributed by atoms with van der Waals surface area (Å²) in [5.41, 5.74) is 25.6. The molecule has 0 amide bonds. The van der Waals surface area contributed by atoms with Gasteiger partial charge in [0.05, 0.1) is 11.0 Å². The minimum absolute atomic E-state index is 0.00867. The average molecular weight is 1040 g/mol. The van der Waals surface area contributed by atoms with Crippen LogP contribution >= 0.6 is 0 Å². The minimum atomic E-state index is -0.00867.